The molecule has 1 aromatic heterocycles. The van der Waals surface area contributed by atoms with Crippen molar-refractivity contribution in [3.05, 3.63) is 54.0 Å². The van der Waals surface area contributed by atoms with Crippen LogP contribution in [0.3, 0.4) is 0 Å². The van der Waals surface area contributed by atoms with E-state index in [0.717, 1.165) is 12.1 Å². The highest BCUT2D eigenvalue weighted by atomic mass is 19.4. The number of nitrogens with one attached hydrogen (secondary N) is 1. The van der Waals surface area contributed by atoms with Gasteiger partial charge in [0.15, 0.2) is 0 Å². The van der Waals surface area contributed by atoms with Crippen LogP contribution in [0.1, 0.15) is 5.56 Å². The lowest BCUT2D eigenvalue weighted by Gasteiger charge is -2.18. The second kappa shape index (κ2) is 6.64. The molecule has 1 amide bonds. The molecule has 122 valence electrons. The summed E-state index contributed by atoms with van der Waals surface area (Å²) in [6, 6.07) is 7.45. The quantitative estimate of drug-likeness (QED) is 0.876. The molecule has 1 N–H and O–H groups in total. The fourth-order valence-electron chi connectivity index (χ4n) is 1.84. The van der Waals surface area contributed by atoms with Gasteiger partial charge in [0.1, 0.15) is 11.6 Å². The minimum absolute atomic E-state index is 0.144. The molecule has 2 aromatic rings. The summed E-state index contributed by atoms with van der Waals surface area (Å²) in [7, 11) is 1.51. The van der Waals surface area contributed by atoms with Crippen LogP contribution in [0.5, 0.6) is 0 Å². The second-order valence-corrected chi connectivity index (χ2v) is 4.82. The maximum atomic E-state index is 13.0. The number of anilines is 2. The van der Waals surface area contributed by atoms with Crippen LogP contribution in [0.15, 0.2) is 42.6 Å². The third kappa shape index (κ3) is 4.67. The van der Waals surface area contributed by atoms with Gasteiger partial charge in [-0.25, -0.2) is 9.37 Å². The number of likely N-dealkylation sites (N-methyl/N-ethyl adjacent to an activating group) is 1. The largest absolute Gasteiger partial charge is 0.417 e. The average molecular weight is 327 g/mol. The van der Waals surface area contributed by atoms with E-state index in [1.54, 1.807) is 0 Å². The van der Waals surface area contributed by atoms with Crippen molar-refractivity contribution in [1.29, 1.82) is 0 Å². The molecule has 0 aliphatic rings. The summed E-state index contributed by atoms with van der Waals surface area (Å²) in [6.07, 6.45) is -3.75. The molecule has 2 rings (SSSR count). The van der Waals surface area contributed by atoms with Crippen LogP contribution in [0.2, 0.25) is 0 Å². The smallest absolute Gasteiger partial charge is 0.350 e. The first kappa shape index (κ1) is 16.7. The van der Waals surface area contributed by atoms with Crippen molar-refractivity contribution in [2.45, 2.75) is 6.18 Å². The zero-order chi connectivity index (χ0) is 17.0. The van der Waals surface area contributed by atoms with E-state index in [1.165, 1.54) is 36.2 Å². The number of hydrogen-bond acceptors (Lipinski definition) is 3. The molecule has 0 fully saturated rings. The monoisotopic (exact) mass is 327 g/mol. The summed E-state index contributed by atoms with van der Waals surface area (Å²) in [6.45, 7) is -0.144. The lowest BCUT2D eigenvalue weighted by atomic mass is 10.2. The lowest BCUT2D eigenvalue weighted by Crippen LogP contribution is -2.30. The Morgan fingerprint density at radius 3 is 2.57 bits per heavy atom. The van der Waals surface area contributed by atoms with E-state index in [2.05, 4.69) is 10.3 Å². The van der Waals surface area contributed by atoms with E-state index in [4.69, 9.17) is 0 Å². The maximum absolute atomic E-state index is 13.0. The van der Waals surface area contributed by atoms with Crippen LogP contribution in [0.25, 0.3) is 0 Å². The number of benzene rings is 1. The number of carbonyl (C=O) groups excluding carboxylic acids is 1. The first-order chi connectivity index (χ1) is 10.8. The fraction of sp³-hybridized carbons (Fsp3) is 0.200. The van der Waals surface area contributed by atoms with Gasteiger partial charge >= 0.3 is 6.18 Å². The molecule has 8 heteroatoms. The summed E-state index contributed by atoms with van der Waals surface area (Å²) in [5.41, 5.74) is -0.567. The van der Waals surface area contributed by atoms with Gasteiger partial charge in [-0.2, -0.15) is 13.2 Å². The van der Waals surface area contributed by atoms with Crippen molar-refractivity contribution in [3.63, 3.8) is 0 Å². The summed E-state index contributed by atoms with van der Waals surface area (Å²) in [4.78, 5) is 16.9. The number of alkyl halides is 3. The molecule has 0 radical (unpaired) electrons. The highest BCUT2D eigenvalue weighted by Gasteiger charge is 2.30. The zero-order valence-electron chi connectivity index (χ0n) is 12.1. The van der Waals surface area contributed by atoms with E-state index in [9.17, 15) is 22.4 Å². The molecule has 1 heterocycles. The highest BCUT2D eigenvalue weighted by molar-refractivity contribution is 5.93. The molecule has 0 unspecified atom stereocenters. The number of amides is 1. The SMILES string of the molecule is CN(CC(=O)Nc1cccc(F)c1)c1ccc(C(F)(F)F)cn1. The lowest BCUT2D eigenvalue weighted by molar-refractivity contribution is -0.137. The predicted octanol–water partition coefficient (Wildman–Crippen LogP) is 3.31. The van der Waals surface area contributed by atoms with E-state index in [-0.39, 0.29) is 12.4 Å². The number of aromatic nitrogens is 1. The Labute approximate surface area is 129 Å². The van der Waals surface area contributed by atoms with Gasteiger partial charge in [-0.15, -0.1) is 0 Å². The molecule has 0 atom stereocenters. The average Bonchev–Trinajstić information content (AvgIpc) is 2.46. The van der Waals surface area contributed by atoms with E-state index in [0.29, 0.717) is 11.9 Å². The van der Waals surface area contributed by atoms with Crippen LogP contribution in [0, 0.1) is 5.82 Å². The maximum Gasteiger partial charge on any atom is 0.417 e. The topological polar surface area (TPSA) is 45.2 Å². The van der Waals surface area contributed by atoms with Crippen LogP contribution >= 0.6 is 0 Å². The van der Waals surface area contributed by atoms with E-state index < -0.39 is 23.5 Å². The Bertz CT molecular complexity index is 686. The number of rotatable bonds is 4. The molecule has 0 saturated carbocycles. The van der Waals surface area contributed by atoms with Crippen LogP contribution in [-0.4, -0.2) is 24.5 Å². The van der Waals surface area contributed by atoms with Crippen molar-refractivity contribution < 1.29 is 22.4 Å². The molecule has 0 aliphatic heterocycles. The Hall–Kier alpha value is -2.64. The molecule has 1 aromatic carbocycles. The number of nitrogens with zero attached hydrogens (tertiary/aromatic N) is 2. The Balaban J connectivity index is 1.98. The number of hydrogen-bond donors (Lipinski definition) is 1. The van der Waals surface area contributed by atoms with Gasteiger partial charge < -0.3 is 10.2 Å². The standard InChI is InChI=1S/C15H13F4N3O/c1-22(13-6-5-10(8-20-13)15(17,18)19)9-14(23)21-12-4-2-3-11(16)7-12/h2-8H,9H2,1H3,(H,21,23). The summed E-state index contributed by atoms with van der Waals surface area (Å²) in [5, 5.41) is 2.49. The van der Waals surface area contributed by atoms with Gasteiger partial charge in [0.25, 0.3) is 0 Å². The third-order valence-electron chi connectivity index (χ3n) is 2.96. The van der Waals surface area contributed by atoms with Crippen LogP contribution in [0.4, 0.5) is 29.1 Å². The number of pyridine rings is 1. The molecule has 0 saturated heterocycles. The van der Waals surface area contributed by atoms with Gasteiger partial charge in [0.05, 0.1) is 12.1 Å². The molecule has 0 spiro atoms. The molecule has 0 bridgehead atoms. The van der Waals surface area contributed by atoms with Crippen LogP contribution in [-0.2, 0) is 11.0 Å². The van der Waals surface area contributed by atoms with Gasteiger partial charge in [0.2, 0.25) is 5.91 Å². The zero-order valence-corrected chi connectivity index (χ0v) is 12.1. The van der Waals surface area contributed by atoms with Crippen molar-refractivity contribution in [3.8, 4) is 0 Å². The third-order valence-corrected chi connectivity index (χ3v) is 2.96. The van der Waals surface area contributed by atoms with Crippen molar-refractivity contribution in [2.24, 2.45) is 0 Å². The number of carbonyl (C=O) groups is 1. The van der Waals surface area contributed by atoms with Crippen LogP contribution < -0.4 is 10.2 Å². The normalized spacial score (nSPS) is 11.2. The van der Waals surface area contributed by atoms with E-state index >= 15 is 0 Å². The summed E-state index contributed by atoms with van der Waals surface area (Å²) in [5.74, 6) is -0.715. The predicted molar refractivity (Wildman–Crippen MR) is 77.5 cm³/mol. The van der Waals surface area contributed by atoms with Gasteiger partial charge in [-0.1, -0.05) is 6.07 Å². The van der Waals surface area contributed by atoms with Crippen molar-refractivity contribution in [2.75, 3.05) is 23.8 Å². The minimum Gasteiger partial charge on any atom is -0.350 e. The van der Waals surface area contributed by atoms with Gasteiger partial charge in [-0.05, 0) is 30.3 Å². The summed E-state index contributed by atoms with van der Waals surface area (Å²) >= 11 is 0. The highest BCUT2D eigenvalue weighted by Crippen LogP contribution is 2.29. The van der Waals surface area contributed by atoms with Crippen molar-refractivity contribution in [1.82, 2.24) is 4.98 Å². The summed E-state index contributed by atoms with van der Waals surface area (Å²) < 4.78 is 50.4. The first-order valence-corrected chi connectivity index (χ1v) is 6.55. The number of halogens is 4. The molecule has 0 aliphatic carbocycles. The Morgan fingerprint density at radius 1 is 1.26 bits per heavy atom. The van der Waals surface area contributed by atoms with E-state index in [1.807, 2.05) is 0 Å². The Morgan fingerprint density at radius 2 is 2.00 bits per heavy atom. The molecular weight excluding hydrogens is 314 g/mol. The molecular formula is C15H13F4N3O. The van der Waals surface area contributed by atoms with Gasteiger partial charge in [0, 0.05) is 18.9 Å². The molecule has 4 nitrogen and oxygen atoms in total. The first-order valence-electron chi connectivity index (χ1n) is 6.55. The van der Waals surface area contributed by atoms with Crippen molar-refractivity contribution >= 4 is 17.4 Å². The minimum atomic E-state index is -4.46. The Kier molecular flexibility index (Phi) is 4.83. The molecule has 23 heavy (non-hydrogen) atoms. The second-order valence-electron chi connectivity index (χ2n) is 4.82. The fourth-order valence-corrected chi connectivity index (χ4v) is 1.84. The van der Waals surface area contributed by atoms with Gasteiger partial charge in [-0.3, -0.25) is 4.79 Å².